The van der Waals surface area contributed by atoms with Crippen molar-refractivity contribution >= 4 is 6.08 Å². The van der Waals surface area contributed by atoms with Gasteiger partial charge in [-0.3, -0.25) is 0 Å². The fourth-order valence-electron chi connectivity index (χ4n) is 1.81. The molecule has 0 aromatic heterocycles. The van der Waals surface area contributed by atoms with Crippen LogP contribution in [0.15, 0.2) is 18.2 Å². The molecule has 1 atom stereocenters. The molecule has 1 aliphatic rings. The first-order valence-electron chi connectivity index (χ1n) is 5.99. The van der Waals surface area contributed by atoms with Crippen LogP contribution in [0.5, 0.6) is 11.5 Å². The molecule has 2 N–H and O–H groups in total. The Morgan fingerprint density at radius 3 is 2.76 bits per heavy atom. The third kappa shape index (κ3) is 3.01. The van der Waals surface area contributed by atoms with Crippen molar-refractivity contribution in [2.45, 2.75) is 32.7 Å². The van der Waals surface area contributed by atoms with Crippen molar-refractivity contribution in [3.63, 3.8) is 0 Å². The zero-order valence-electron chi connectivity index (χ0n) is 10.4. The van der Waals surface area contributed by atoms with Gasteiger partial charge in [0.05, 0.1) is 0 Å². The lowest BCUT2D eigenvalue weighted by Crippen LogP contribution is -2.13. The predicted molar refractivity (Wildman–Crippen MR) is 69.2 cm³/mol. The van der Waals surface area contributed by atoms with Crippen LogP contribution >= 0.6 is 0 Å². The molecular formula is C14H19NO2. The molecule has 0 aliphatic carbocycles. The average molecular weight is 233 g/mol. The van der Waals surface area contributed by atoms with Crippen LogP contribution in [0, 0.1) is 6.92 Å². The van der Waals surface area contributed by atoms with Gasteiger partial charge >= 0.3 is 0 Å². The van der Waals surface area contributed by atoms with Crippen LogP contribution in [-0.4, -0.2) is 12.8 Å². The molecule has 1 aromatic rings. The molecule has 0 spiro atoms. The van der Waals surface area contributed by atoms with Crippen LogP contribution in [0.4, 0.5) is 0 Å². The Bertz CT molecular complexity index is 424. The molecule has 1 unspecified atom stereocenters. The Morgan fingerprint density at radius 1 is 1.35 bits per heavy atom. The summed E-state index contributed by atoms with van der Waals surface area (Å²) in [6, 6.07) is 4.31. The van der Waals surface area contributed by atoms with Crippen molar-refractivity contribution in [3.8, 4) is 11.5 Å². The number of fused-ring (bicyclic) bond motifs is 1. The van der Waals surface area contributed by atoms with Crippen molar-refractivity contribution in [3.05, 3.63) is 29.3 Å². The van der Waals surface area contributed by atoms with E-state index in [9.17, 15) is 0 Å². The van der Waals surface area contributed by atoms with Crippen LogP contribution in [-0.2, 0) is 0 Å². The molecule has 1 aromatic carbocycles. The Morgan fingerprint density at radius 2 is 2.06 bits per heavy atom. The molecule has 1 heterocycles. The summed E-state index contributed by atoms with van der Waals surface area (Å²) in [4.78, 5) is 0. The highest BCUT2D eigenvalue weighted by Gasteiger charge is 2.14. The summed E-state index contributed by atoms with van der Waals surface area (Å²) in [6.07, 6.45) is 6.30. The van der Waals surface area contributed by atoms with Crippen molar-refractivity contribution in [1.82, 2.24) is 0 Å². The molecule has 0 amide bonds. The summed E-state index contributed by atoms with van der Waals surface area (Å²) in [7, 11) is 0. The standard InChI is InChI=1S/C14H19NO2/c1-10-7-13-14(17-9-16-13)8-12(10)6-4-3-5-11(2)15/h4,6-8,11H,3,5,9,15H2,1-2H3/b6-4+. The molecule has 0 bridgehead atoms. The summed E-state index contributed by atoms with van der Waals surface area (Å²) in [5, 5.41) is 0. The van der Waals surface area contributed by atoms with E-state index < -0.39 is 0 Å². The first-order chi connectivity index (χ1) is 8.16. The minimum Gasteiger partial charge on any atom is -0.454 e. The number of hydrogen-bond donors (Lipinski definition) is 1. The van der Waals surface area contributed by atoms with Crippen LogP contribution in [0.3, 0.4) is 0 Å². The summed E-state index contributed by atoms with van der Waals surface area (Å²) in [5.41, 5.74) is 8.08. The number of nitrogens with two attached hydrogens (primary N) is 1. The van der Waals surface area contributed by atoms with Crippen molar-refractivity contribution < 1.29 is 9.47 Å². The lowest BCUT2D eigenvalue weighted by atomic mass is 10.1. The van der Waals surface area contributed by atoms with Gasteiger partial charge in [-0.2, -0.15) is 0 Å². The summed E-state index contributed by atoms with van der Waals surface area (Å²) in [6.45, 7) is 4.43. The lowest BCUT2D eigenvalue weighted by molar-refractivity contribution is 0.174. The zero-order chi connectivity index (χ0) is 12.3. The zero-order valence-corrected chi connectivity index (χ0v) is 10.4. The highest BCUT2D eigenvalue weighted by molar-refractivity contribution is 5.60. The van der Waals surface area contributed by atoms with Gasteiger partial charge in [0.25, 0.3) is 0 Å². The van der Waals surface area contributed by atoms with Crippen molar-refractivity contribution in [2.75, 3.05) is 6.79 Å². The molecule has 3 heteroatoms. The van der Waals surface area contributed by atoms with E-state index in [1.807, 2.05) is 19.1 Å². The molecule has 0 saturated heterocycles. The first kappa shape index (κ1) is 12.0. The maximum absolute atomic E-state index is 5.71. The van der Waals surface area contributed by atoms with E-state index in [1.54, 1.807) is 0 Å². The minimum atomic E-state index is 0.262. The number of allylic oxidation sites excluding steroid dienone is 1. The Labute approximate surface area is 102 Å². The fourth-order valence-corrected chi connectivity index (χ4v) is 1.81. The fraction of sp³-hybridized carbons (Fsp3) is 0.429. The number of ether oxygens (including phenoxy) is 2. The van der Waals surface area contributed by atoms with Gasteiger partial charge in [0.2, 0.25) is 6.79 Å². The minimum absolute atomic E-state index is 0.262. The SMILES string of the molecule is Cc1cc2c(cc1/C=C/CCC(C)N)OCO2. The van der Waals surface area contributed by atoms with Gasteiger partial charge in [0.1, 0.15) is 0 Å². The van der Waals surface area contributed by atoms with E-state index in [2.05, 4.69) is 19.1 Å². The van der Waals surface area contributed by atoms with E-state index in [-0.39, 0.29) is 6.04 Å². The van der Waals surface area contributed by atoms with Gasteiger partial charge < -0.3 is 15.2 Å². The summed E-state index contributed by atoms with van der Waals surface area (Å²) >= 11 is 0. The van der Waals surface area contributed by atoms with Crippen molar-refractivity contribution in [1.29, 1.82) is 0 Å². The number of aryl methyl sites for hydroxylation is 1. The average Bonchev–Trinajstić information content (AvgIpc) is 2.71. The molecule has 2 rings (SSSR count). The van der Waals surface area contributed by atoms with E-state index in [0.717, 1.165) is 24.3 Å². The van der Waals surface area contributed by atoms with E-state index in [1.165, 1.54) is 11.1 Å². The molecule has 92 valence electrons. The van der Waals surface area contributed by atoms with Crippen molar-refractivity contribution in [2.24, 2.45) is 5.73 Å². The maximum Gasteiger partial charge on any atom is 0.231 e. The smallest absolute Gasteiger partial charge is 0.231 e. The van der Waals surface area contributed by atoms with E-state index in [4.69, 9.17) is 15.2 Å². The van der Waals surface area contributed by atoms with Crippen LogP contribution in [0.1, 0.15) is 30.9 Å². The van der Waals surface area contributed by atoms with Crippen LogP contribution < -0.4 is 15.2 Å². The Hall–Kier alpha value is -1.48. The molecular weight excluding hydrogens is 214 g/mol. The topological polar surface area (TPSA) is 44.5 Å². The molecule has 0 saturated carbocycles. The third-order valence-corrected chi connectivity index (χ3v) is 2.85. The van der Waals surface area contributed by atoms with Gasteiger partial charge in [-0.05, 0) is 49.9 Å². The Balaban J connectivity index is 2.06. The van der Waals surface area contributed by atoms with Gasteiger partial charge in [0, 0.05) is 6.04 Å². The van der Waals surface area contributed by atoms with E-state index in [0.29, 0.717) is 6.79 Å². The number of benzene rings is 1. The predicted octanol–water partition coefficient (Wildman–Crippen LogP) is 2.86. The molecule has 1 aliphatic heterocycles. The molecule has 0 fully saturated rings. The lowest BCUT2D eigenvalue weighted by Gasteiger charge is -2.04. The second kappa shape index (κ2) is 5.23. The number of rotatable bonds is 4. The van der Waals surface area contributed by atoms with Crippen LogP contribution in [0.25, 0.3) is 6.08 Å². The summed E-state index contributed by atoms with van der Waals surface area (Å²) < 4.78 is 10.7. The molecule has 0 radical (unpaired) electrons. The number of hydrogen-bond acceptors (Lipinski definition) is 3. The second-order valence-corrected chi connectivity index (χ2v) is 4.52. The normalized spacial score (nSPS) is 15.5. The highest BCUT2D eigenvalue weighted by Crippen LogP contribution is 2.34. The van der Waals surface area contributed by atoms with Gasteiger partial charge in [-0.25, -0.2) is 0 Å². The van der Waals surface area contributed by atoms with Crippen LogP contribution in [0.2, 0.25) is 0 Å². The maximum atomic E-state index is 5.71. The first-order valence-corrected chi connectivity index (χ1v) is 5.99. The molecule has 17 heavy (non-hydrogen) atoms. The third-order valence-electron chi connectivity index (χ3n) is 2.85. The van der Waals surface area contributed by atoms with Gasteiger partial charge in [0.15, 0.2) is 11.5 Å². The summed E-state index contributed by atoms with van der Waals surface area (Å²) in [5.74, 6) is 1.68. The second-order valence-electron chi connectivity index (χ2n) is 4.52. The molecule has 3 nitrogen and oxygen atoms in total. The highest BCUT2D eigenvalue weighted by atomic mass is 16.7. The van der Waals surface area contributed by atoms with Gasteiger partial charge in [-0.15, -0.1) is 0 Å². The van der Waals surface area contributed by atoms with Gasteiger partial charge in [-0.1, -0.05) is 12.2 Å². The monoisotopic (exact) mass is 233 g/mol. The largest absolute Gasteiger partial charge is 0.454 e. The van der Waals surface area contributed by atoms with E-state index >= 15 is 0 Å². The quantitative estimate of drug-likeness (QED) is 0.869. The Kier molecular flexibility index (Phi) is 3.69.